The van der Waals surface area contributed by atoms with Gasteiger partial charge in [0.1, 0.15) is 0 Å². The molecule has 1 N–H and O–H groups in total. The van der Waals surface area contributed by atoms with E-state index in [1.54, 1.807) is 0 Å². The van der Waals surface area contributed by atoms with Gasteiger partial charge in [0.15, 0.2) is 0 Å². The Morgan fingerprint density at radius 2 is 1.70 bits per heavy atom. The maximum atomic E-state index is 9.85. The SMILES string of the molecule is Cl.Cl.O=CNC1CCCC1. The summed E-state index contributed by atoms with van der Waals surface area (Å²) in [6.07, 6.45) is 5.73. The lowest BCUT2D eigenvalue weighted by atomic mass is 10.3. The molecule has 1 fully saturated rings. The zero-order valence-corrected chi connectivity index (χ0v) is 7.34. The monoisotopic (exact) mass is 185 g/mol. The maximum Gasteiger partial charge on any atom is 0.207 e. The normalized spacial score (nSPS) is 16.8. The minimum Gasteiger partial charge on any atom is -0.356 e. The highest BCUT2D eigenvalue weighted by Crippen LogP contribution is 2.16. The number of hydrogen-bond acceptors (Lipinski definition) is 1. The fourth-order valence-electron chi connectivity index (χ4n) is 1.19. The third-order valence-corrected chi connectivity index (χ3v) is 1.66. The summed E-state index contributed by atoms with van der Waals surface area (Å²) in [5, 5.41) is 2.76. The van der Waals surface area contributed by atoms with Crippen molar-refractivity contribution in [2.24, 2.45) is 0 Å². The van der Waals surface area contributed by atoms with Crippen molar-refractivity contribution < 1.29 is 4.79 Å². The van der Waals surface area contributed by atoms with Gasteiger partial charge in [0, 0.05) is 6.04 Å². The van der Waals surface area contributed by atoms with Gasteiger partial charge in [0.25, 0.3) is 0 Å². The summed E-state index contributed by atoms with van der Waals surface area (Å²) < 4.78 is 0. The maximum absolute atomic E-state index is 9.85. The van der Waals surface area contributed by atoms with Crippen molar-refractivity contribution in [2.45, 2.75) is 31.7 Å². The molecule has 2 nitrogen and oxygen atoms in total. The lowest BCUT2D eigenvalue weighted by molar-refractivity contribution is -0.110. The van der Waals surface area contributed by atoms with Crippen molar-refractivity contribution in [1.82, 2.24) is 5.32 Å². The van der Waals surface area contributed by atoms with E-state index in [0.717, 1.165) is 6.41 Å². The summed E-state index contributed by atoms with van der Waals surface area (Å²) in [6.45, 7) is 0. The smallest absolute Gasteiger partial charge is 0.207 e. The highest BCUT2D eigenvalue weighted by atomic mass is 35.5. The van der Waals surface area contributed by atoms with E-state index in [1.807, 2.05) is 0 Å². The van der Waals surface area contributed by atoms with E-state index in [2.05, 4.69) is 5.32 Å². The van der Waals surface area contributed by atoms with Crippen LogP contribution in [-0.2, 0) is 4.79 Å². The molecule has 62 valence electrons. The number of rotatable bonds is 2. The molecule has 0 spiro atoms. The van der Waals surface area contributed by atoms with Gasteiger partial charge < -0.3 is 5.32 Å². The van der Waals surface area contributed by atoms with Crippen LogP contribution in [0.25, 0.3) is 0 Å². The number of hydrogen-bond donors (Lipinski definition) is 1. The molecular formula is C6H13Cl2NO. The summed E-state index contributed by atoms with van der Waals surface area (Å²) >= 11 is 0. The van der Waals surface area contributed by atoms with Gasteiger partial charge >= 0.3 is 0 Å². The second kappa shape index (κ2) is 7.16. The lowest BCUT2D eigenvalue weighted by Gasteiger charge is -2.03. The molecule has 4 heteroatoms. The second-order valence-corrected chi connectivity index (χ2v) is 2.27. The van der Waals surface area contributed by atoms with Crippen LogP contribution < -0.4 is 5.32 Å². The summed E-state index contributed by atoms with van der Waals surface area (Å²) in [6, 6.07) is 0.493. The molecule has 0 aromatic rings. The van der Waals surface area contributed by atoms with Gasteiger partial charge in [0.05, 0.1) is 0 Å². The minimum atomic E-state index is 0. The van der Waals surface area contributed by atoms with E-state index in [9.17, 15) is 4.79 Å². The molecule has 10 heavy (non-hydrogen) atoms. The van der Waals surface area contributed by atoms with Crippen molar-refractivity contribution in [3.05, 3.63) is 0 Å². The first-order valence-corrected chi connectivity index (χ1v) is 3.13. The van der Waals surface area contributed by atoms with Gasteiger partial charge in [-0.1, -0.05) is 12.8 Å². The number of amides is 1. The Hall–Kier alpha value is 0.0500. The quantitative estimate of drug-likeness (QED) is 0.651. The standard InChI is InChI=1S/C6H11NO.2ClH/c8-5-7-6-3-1-2-4-6;;/h5-6H,1-4H2,(H,7,8);2*1H. The molecule has 1 rings (SSSR count). The molecule has 0 aromatic heterocycles. The van der Waals surface area contributed by atoms with Crippen molar-refractivity contribution in [3.63, 3.8) is 0 Å². The predicted octanol–water partition coefficient (Wildman–Crippen LogP) is 1.52. The zero-order chi connectivity index (χ0) is 5.82. The topological polar surface area (TPSA) is 29.1 Å². The third kappa shape index (κ3) is 3.96. The average Bonchev–Trinajstić information content (AvgIpc) is 2.19. The minimum absolute atomic E-state index is 0. The molecule has 0 aliphatic heterocycles. The van der Waals surface area contributed by atoms with Gasteiger partial charge in [0.2, 0.25) is 6.41 Å². The highest BCUT2D eigenvalue weighted by Gasteiger charge is 2.12. The van der Waals surface area contributed by atoms with Crippen molar-refractivity contribution in [1.29, 1.82) is 0 Å². The van der Waals surface area contributed by atoms with Gasteiger partial charge in [-0.2, -0.15) is 0 Å². The van der Waals surface area contributed by atoms with Gasteiger partial charge in [-0.05, 0) is 12.8 Å². The average molecular weight is 186 g/mol. The van der Waals surface area contributed by atoms with Crippen LogP contribution >= 0.6 is 24.8 Å². The first kappa shape index (κ1) is 12.7. The van der Waals surface area contributed by atoms with Crippen LogP contribution in [0.5, 0.6) is 0 Å². The summed E-state index contributed by atoms with van der Waals surface area (Å²) in [4.78, 5) is 9.85. The Morgan fingerprint density at radius 3 is 2.10 bits per heavy atom. The molecule has 1 saturated carbocycles. The Labute approximate surface area is 73.6 Å². The predicted molar refractivity (Wildman–Crippen MR) is 46.0 cm³/mol. The van der Waals surface area contributed by atoms with E-state index >= 15 is 0 Å². The van der Waals surface area contributed by atoms with Crippen LogP contribution in [0.15, 0.2) is 0 Å². The Kier molecular flexibility index (Phi) is 9.10. The van der Waals surface area contributed by atoms with E-state index < -0.39 is 0 Å². The largest absolute Gasteiger partial charge is 0.356 e. The summed E-state index contributed by atoms with van der Waals surface area (Å²) in [5.74, 6) is 0. The molecular weight excluding hydrogens is 173 g/mol. The van der Waals surface area contributed by atoms with Gasteiger partial charge in [-0.15, -0.1) is 24.8 Å². The number of halogens is 2. The van der Waals surface area contributed by atoms with E-state index in [1.165, 1.54) is 25.7 Å². The highest BCUT2D eigenvalue weighted by molar-refractivity contribution is 5.85. The van der Waals surface area contributed by atoms with E-state index in [0.29, 0.717) is 6.04 Å². The summed E-state index contributed by atoms with van der Waals surface area (Å²) in [7, 11) is 0. The van der Waals surface area contributed by atoms with Crippen LogP contribution in [0.4, 0.5) is 0 Å². The molecule has 1 aliphatic rings. The Balaban J connectivity index is 0. The molecule has 0 saturated heterocycles. The zero-order valence-electron chi connectivity index (χ0n) is 5.71. The Morgan fingerprint density at radius 1 is 1.20 bits per heavy atom. The van der Waals surface area contributed by atoms with Crippen LogP contribution in [0.2, 0.25) is 0 Å². The number of nitrogens with one attached hydrogen (secondary N) is 1. The lowest BCUT2D eigenvalue weighted by Crippen LogP contribution is -2.23. The first-order chi connectivity index (χ1) is 3.93. The molecule has 0 heterocycles. The molecule has 0 radical (unpaired) electrons. The van der Waals surface area contributed by atoms with Crippen LogP contribution in [0.3, 0.4) is 0 Å². The third-order valence-electron chi connectivity index (χ3n) is 1.66. The van der Waals surface area contributed by atoms with Crippen LogP contribution in [0, 0.1) is 0 Å². The van der Waals surface area contributed by atoms with Crippen LogP contribution in [-0.4, -0.2) is 12.5 Å². The van der Waals surface area contributed by atoms with Crippen molar-refractivity contribution in [3.8, 4) is 0 Å². The fraction of sp³-hybridized carbons (Fsp3) is 0.833. The molecule has 1 aliphatic carbocycles. The van der Waals surface area contributed by atoms with Gasteiger partial charge in [-0.25, -0.2) is 0 Å². The van der Waals surface area contributed by atoms with Crippen molar-refractivity contribution >= 4 is 31.2 Å². The second-order valence-electron chi connectivity index (χ2n) is 2.27. The Bertz CT molecular complexity index is 83.8. The first-order valence-electron chi connectivity index (χ1n) is 3.13. The van der Waals surface area contributed by atoms with Crippen LogP contribution in [0.1, 0.15) is 25.7 Å². The number of carbonyl (C=O) groups is 1. The molecule has 0 aromatic carbocycles. The molecule has 1 amide bonds. The molecule has 0 bridgehead atoms. The molecule has 0 atom stereocenters. The summed E-state index contributed by atoms with van der Waals surface area (Å²) in [5.41, 5.74) is 0. The van der Waals surface area contributed by atoms with E-state index in [4.69, 9.17) is 0 Å². The van der Waals surface area contributed by atoms with Crippen molar-refractivity contribution in [2.75, 3.05) is 0 Å². The molecule has 0 unspecified atom stereocenters. The fourth-order valence-corrected chi connectivity index (χ4v) is 1.19. The van der Waals surface area contributed by atoms with E-state index in [-0.39, 0.29) is 24.8 Å². The van der Waals surface area contributed by atoms with Gasteiger partial charge in [-0.3, -0.25) is 4.79 Å². The number of carbonyl (C=O) groups excluding carboxylic acids is 1.